The summed E-state index contributed by atoms with van der Waals surface area (Å²) in [7, 11) is 0. The zero-order valence-electron chi connectivity index (χ0n) is 47.1. The number of unbranched alkanes of at least 4 members (excludes halogenated alkanes) is 40. The molecule has 0 saturated heterocycles. The highest BCUT2D eigenvalue weighted by Crippen LogP contribution is 2.17. The average Bonchev–Trinajstić information content (AvgIpc) is 3.36. The Bertz CT molecular complexity index is 1170. The molecular weight excluding hydrogens is 865 g/mol. The standard InChI is InChI=1S/C64H118O6/c1-4-7-10-13-16-18-20-22-24-25-26-27-28-29-30-31-32-33-34-35-36-37-38-39-41-42-44-46-48-51-54-57-63(66)69-60-61(59-68-62(65)56-53-50-15-12-9-6-3)70-64(67)58-55-52-49-47-45-43-40-23-21-19-17-14-11-8-5-2/h20,22-23,25-26,40,61H,4-19,21,24,27-39,41-60H2,1-3H3/b22-20-,26-25-,40-23-. The van der Waals surface area contributed by atoms with E-state index in [0.717, 1.165) is 70.6 Å². The Balaban J connectivity index is 3.96. The van der Waals surface area contributed by atoms with Crippen molar-refractivity contribution in [2.24, 2.45) is 0 Å². The third kappa shape index (κ3) is 56.5. The van der Waals surface area contributed by atoms with E-state index in [4.69, 9.17) is 14.2 Å². The van der Waals surface area contributed by atoms with Gasteiger partial charge in [0, 0.05) is 19.3 Å². The van der Waals surface area contributed by atoms with Gasteiger partial charge in [-0.25, -0.2) is 0 Å². The lowest BCUT2D eigenvalue weighted by Gasteiger charge is -2.18. The highest BCUT2D eigenvalue weighted by Gasteiger charge is 2.19. The molecule has 6 nitrogen and oxygen atoms in total. The molecule has 6 heteroatoms. The highest BCUT2D eigenvalue weighted by atomic mass is 16.6. The first-order chi connectivity index (χ1) is 34.5. The Morgan fingerprint density at radius 1 is 0.286 bits per heavy atom. The van der Waals surface area contributed by atoms with Crippen LogP contribution < -0.4 is 0 Å². The summed E-state index contributed by atoms with van der Waals surface area (Å²) in [5.41, 5.74) is 0. The Kier molecular flexibility index (Phi) is 57.2. The van der Waals surface area contributed by atoms with E-state index in [2.05, 4.69) is 57.2 Å². The minimum Gasteiger partial charge on any atom is -0.462 e. The molecule has 0 saturated carbocycles. The van der Waals surface area contributed by atoms with E-state index in [1.54, 1.807) is 0 Å². The van der Waals surface area contributed by atoms with Crippen LogP contribution in [0.15, 0.2) is 36.5 Å². The third-order valence-electron chi connectivity index (χ3n) is 13.9. The van der Waals surface area contributed by atoms with E-state index in [0.29, 0.717) is 19.3 Å². The number of carbonyl (C=O) groups is 3. The van der Waals surface area contributed by atoms with Gasteiger partial charge in [-0.2, -0.15) is 0 Å². The first-order valence-electron chi connectivity index (χ1n) is 31.0. The van der Waals surface area contributed by atoms with E-state index in [1.807, 2.05) is 0 Å². The summed E-state index contributed by atoms with van der Waals surface area (Å²) in [6.07, 6.45) is 72.0. The number of carbonyl (C=O) groups excluding carboxylic acids is 3. The number of rotatable bonds is 57. The molecule has 70 heavy (non-hydrogen) atoms. The maximum atomic E-state index is 12.8. The second-order valence-electron chi connectivity index (χ2n) is 21.0. The van der Waals surface area contributed by atoms with Crippen LogP contribution in [0, 0.1) is 0 Å². The van der Waals surface area contributed by atoms with Crippen LogP contribution in [0.3, 0.4) is 0 Å². The lowest BCUT2D eigenvalue weighted by molar-refractivity contribution is -0.167. The summed E-state index contributed by atoms with van der Waals surface area (Å²) in [5, 5.41) is 0. The lowest BCUT2D eigenvalue weighted by Crippen LogP contribution is -2.30. The molecule has 0 aromatic rings. The third-order valence-corrected chi connectivity index (χ3v) is 13.9. The maximum absolute atomic E-state index is 12.8. The van der Waals surface area contributed by atoms with Gasteiger partial charge in [-0.05, 0) is 77.0 Å². The van der Waals surface area contributed by atoms with E-state index < -0.39 is 6.10 Å². The summed E-state index contributed by atoms with van der Waals surface area (Å²) in [6.45, 7) is 6.60. The van der Waals surface area contributed by atoms with E-state index in [-0.39, 0.29) is 31.1 Å². The summed E-state index contributed by atoms with van der Waals surface area (Å²) in [5.74, 6) is -0.873. The molecule has 1 unspecified atom stereocenters. The van der Waals surface area contributed by atoms with Gasteiger partial charge in [-0.1, -0.05) is 276 Å². The van der Waals surface area contributed by atoms with Gasteiger partial charge in [0.1, 0.15) is 13.2 Å². The number of ether oxygens (including phenoxy) is 3. The molecule has 0 bridgehead atoms. The predicted molar refractivity (Wildman–Crippen MR) is 302 cm³/mol. The number of esters is 3. The van der Waals surface area contributed by atoms with Crippen LogP contribution in [-0.2, 0) is 28.6 Å². The maximum Gasteiger partial charge on any atom is 0.306 e. The molecule has 0 aliphatic rings. The second kappa shape index (κ2) is 59.2. The minimum absolute atomic E-state index is 0.0714. The topological polar surface area (TPSA) is 78.9 Å². The Morgan fingerprint density at radius 3 is 0.800 bits per heavy atom. The first kappa shape index (κ1) is 67.6. The normalized spacial score (nSPS) is 12.2. The molecule has 0 spiro atoms. The van der Waals surface area contributed by atoms with Crippen molar-refractivity contribution in [3.05, 3.63) is 36.5 Å². The zero-order chi connectivity index (χ0) is 50.7. The zero-order valence-corrected chi connectivity index (χ0v) is 47.1. The molecule has 0 aromatic heterocycles. The van der Waals surface area contributed by atoms with Crippen LogP contribution in [0.1, 0.15) is 335 Å². The fraction of sp³-hybridized carbons (Fsp3) is 0.859. The molecule has 0 amide bonds. The second-order valence-corrected chi connectivity index (χ2v) is 21.0. The van der Waals surface area contributed by atoms with Crippen molar-refractivity contribution >= 4 is 17.9 Å². The summed E-state index contributed by atoms with van der Waals surface area (Å²) < 4.78 is 16.8. The van der Waals surface area contributed by atoms with Crippen LogP contribution in [0.4, 0.5) is 0 Å². The molecular formula is C64H118O6. The molecule has 1 atom stereocenters. The molecule has 0 aliphatic carbocycles. The Labute approximate surface area is 435 Å². The fourth-order valence-corrected chi connectivity index (χ4v) is 9.18. The monoisotopic (exact) mass is 983 g/mol. The Morgan fingerprint density at radius 2 is 0.514 bits per heavy atom. The number of hydrogen-bond donors (Lipinski definition) is 0. The van der Waals surface area contributed by atoms with Gasteiger partial charge in [0.25, 0.3) is 0 Å². The van der Waals surface area contributed by atoms with Gasteiger partial charge in [-0.15, -0.1) is 0 Å². The van der Waals surface area contributed by atoms with Crippen LogP contribution in [0.25, 0.3) is 0 Å². The van der Waals surface area contributed by atoms with Gasteiger partial charge >= 0.3 is 17.9 Å². The molecule has 0 rings (SSSR count). The molecule has 0 aliphatic heterocycles. The van der Waals surface area contributed by atoms with Crippen LogP contribution >= 0.6 is 0 Å². The van der Waals surface area contributed by atoms with Crippen molar-refractivity contribution in [2.45, 2.75) is 341 Å². The molecule has 0 N–H and O–H groups in total. The summed E-state index contributed by atoms with van der Waals surface area (Å²) in [6, 6.07) is 0. The molecule has 410 valence electrons. The largest absolute Gasteiger partial charge is 0.462 e. The molecule has 0 aromatic carbocycles. The quantitative estimate of drug-likeness (QED) is 0.0261. The van der Waals surface area contributed by atoms with E-state index in [9.17, 15) is 14.4 Å². The SMILES string of the molecule is CCCCCCC/C=C\C/C=C\CCCCCCCCCCCCCCCCCCCCCC(=O)OCC(COC(=O)CCCCCCCC)OC(=O)CCCCCCC/C=C\CCCCCCCC. The van der Waals surface area contributed by atoms with Gasteiger partial charge in [-0.3, -0.25) is 14.4 Å². The molecule has 0 fully saturated rings. The molecule has 0 heterocycles. The summed E-state index contributed by atoms with van der Waals surface area (Å²) in [4.78, 5) is 37.9. The number of allylic oxidation sites excluding steroid dienone is 6. The minimum atomic E-state index is -0.770. The van der Waals surface area contributed by atoms with Crippen molar-refractivity contribution in [1.29, 1.82) is 0 Å². The van der Waals surface area contributed by atoms with Gasteiger partial charge in [0.15, 0.2) is 6.10 Å². The van der Waals surface area contributed by atoms with Crippen LogP contribution in [-0.4, -0.2) is 37.2 Å². The Hall–Kier alpha value is -2.37. The van der Waals surface area contributed by atoms with E-state index >= 15 is 0 Å². The highest BCUT2D eigenvalue weighted by molar-refractivity contribution is 5.71. The molecule has 0 radical (unpaired) electrons. The predicted octanol–water partition coefficient (Wildman–Crippen LogP) is 20.8. The summed E-state index contributed by atoms with van der Waals surface area (Å²) >= 11 is 0. The van der Waals surface area contributed by atoms with Crippen molar-refractivity contribution in [2.75, 3.05) is 13.2 Å². The van der Waals surface area contributed by atoms with Crippen molar-refractivity contribution in [1.82, 2.24) is 0 Å². The average molecular weight is 984 g/mol. The van der Waals surface area contributed by atoms with Gasteiger partial charge < -0.3 is 14.2 Å². The van der Waals surface area contributed by atoms with Crippen molar-refractivity contribution in [3.8, 4) is 0 Å². The fourth-order valence-electron chi connectivity index (χ4n) is 9.18. The van der Waals surface area contributed by atoms with Crippen molar-refractivity contribution < 1.29 is 28.6 Å². The van der Waals surface area contributed by atoms with Crippen LogP contribution in [0.2, 0.25) is 0 Å². The lowest BCUT2D eigenvalue weighted by atomic mass is 10.0. The van der Waals surface area contributed by atoms with Gasteiger partial charge in [0.05, 0.1) is 0 Å². The van der Waals surface area contributed by atoms with Crippen molar-refractivity contribution in [3.63, 3.8) is 0 Å². The first-order valence-corrected chi connectivity index (χ1v) is 31.0. The van der Waals surface area contributed by atoms with Gasteiger partial charge in [0.2, 0.25) is 0 Å². The smallest absolute Gasteiger partial charge is 0.306 e. The van der Waals surface area contributed by atoms with E-state index in [1.165, 1.54) is 225 Å². The van der Waals surface area contributed by atoms with Crippen LogP contribution in [0.5, 0.6) is 0 Å². The number of hydrogen-bond acceptors (Lipinski definition) is 6.